The van der Waals surface area contributed by atoms with E-state index in [0.717, 1.165) is 12.8 Å². The predicted molar refractivity (Wildman–Crippen MR) is 185 cm³/mol. The molecule has 0 rings (SSSR count). The molecule has 0 radical (unpaired) electrons. The number of nitrogens with zero attached hydrogens (tertiary/aromatic N) is 1. The quantitative estimate of drug-likeness (QED) is 0.0287. The van der Waals surface area contributed by atoms with E-state index in [1.165, 1.54) is 122 Å². The zero-order valence-electron chi connectivity index (χ0n) is 30.5. The normalized spacial score (nSPS) is 13.8. The summed E-state index contributed by atoms with van der Waals surface area (Å²) < 4.78 is 32.9. The number of likely N-dealkylation sites (N-methyl/N-ethyl adjacent to an activating group) is 1. The van der Waals surface area contributed by atoms with E-state index in [9.17, 15) is 19.0 Å². The molecular weight excluding hydrogens is 605 g/mol. The van der Waals surface area contributed by atoms with E-state index in [4.69, 9.17) is 18.5 Å². The lowest BCUT2D eigenvalue weighted by atomic mass is 10.0. The summed E-state index contributed by atoms with van der Waals surface area (Å²) in [6.45, 7) is 3.64. The van der Waals surface area contributed by atoms with Gasteiger partial charge in [-0.1, -0.05) is 149 Å². The maximum Gasteiger partial charge on any atom is 0.306 e. The van der Waals surface area contributed by atoms with Crippen molar-refractivity contribution in [2.75, 3.05) is 47.5 Å². The highest BCUT2D eigenvalue weighted by Gasteiger charge is 2.21. The van der Waals surface area contributed by atoms with Crippen molar-refractivity contribution in [1.82, 2.24) is 0 Å². The standard InChI is InChI=1S/C36H72NO8P/c1-6-8-9-10-11-12-13-14-15-16-17-18-19-20-21-22-23-24-25-26-27-28-29-36(39)45-34(32-42-35(38)7-2)33-44-46(40,41)43-31-30-37(3,4)5/h34H,6-33H2,1-5H3. The molecule has 10 heteroatoms. The van der Waals surface area contributed by atoms with Crippen molar-refractivity contribution in [2.24, 2.45) is 0 Å². The summed E-state index contributed by atoms with van der Waals surface area (Å²) in [5, 5.41) is 0. The Kier molecular flexibility index (Phi) is 29.4. The van der Waals surface area contributed by atoms with Gasteiger partial charge in [-0.25, -0.2) is 0 Å². The molecule has 0 aliphatic heterocycles. The van der Waals surface area contributed by atoms with Gasteiger partial charge in [-0.15, -0.1) is 0 Å². The van der Waals surface area contributed by atoms with Crippen molar-refractivity contribution in [1.29, 1.82) is 0 Å². The van der Waals surface area contributed by atoms with Crippen LogP contribution in [0.15, 0.2) is 0 Å². The van der Waals surface area contributed by atoms with Gasteiger partial charge in [0.15, 0.2) is 6.10 Å². The summed E-state index contributed by atoms with van der Waals surface area (Å²) in [5.41, 5.74) is 0. The molecule has 0 heterocycles. The van der Waals surface area contributed by atoms with Gasteiger partial charge < -0.3 is 27.9 Å². The Bertz CT molecular complexity index is 774. The molecule has 9 nitrogen and oxygen atoms in total. The van der Waals surface area contributed by atoms with E-state index < -0.39 is 32.5 Å². The Morgan fingerprint density at radius 1 is 0.609 bits per heavy atom. The molecule has 0 spiro atoms. The Morgan fingerprint density at radius 3 is 1.41 bits per heavy atom. The van der Waals surface area contributed by atoms with E-state index in [1.807, 2.05) is 21.1 Å². The van der Waals surface area contributed by atoms with Gasteiger partial charge in [0, 0.05) is 12.8 Å². The molecule has 0 aromatic heterocycles. The second-order valence-electron chi connectivity index (χ2n) is 13.9. The summed E-state index contributed by atoms with van der Waals surface area (Å²) in [6.07, 6.45) is 28.1. The molecule has 0 aromatic carbocycles. The number of carbonyl (C=O) groups excluding carboxylic acids is 2. The number of unbranched alkanes of at least 4 members (excludes halogenated alkanes) is 21. The topological polar surface area (TPSA) is 111 Å². The zero-order valence-corrected chi connectivity index (χ0v) is 31.4. The van der Waals surface area contributed by atoms with Crippen LogP contribution < -0.4 is 4.89 Å². The monoisotopic (exact) mass is 677 g/mol. The fourth-order valence-electron chi connectivity index (χ4n) is 5.17. The maximum absolute atomic E-state index is 12.4. The first-order valence-electron chi connectivity index (χ1n) is 18.7. The lowest BCUT2D eigenvalue weighted by Crippen LogP contribution is -2.37. The number of hydrogen-bond acceptors (Lipinski definition) is 8. The first kappa shape index (κ1) is 45.0. The number of phosphoric ester groups is 1. The van der Waals surface area contributed by atoms with Crippen molar-refractivity contribution in [3.05, 3.63) is 0 Å². The van der Waals surface area contributed by atoms with Gasteiger partial charge in [0.1, 0.15) is 19.8 Å². The van der Waals surface area contributed by atoms with Crippen molar-refractivity contribution in [2.45, 2.75) is 174 Å². The molecule has 0 aliphatic rings. The Hall–Kier alpha value is -0.990. The van der Waals surface area contributed by atoms with E-state index in [-0.39, 0.29) is 26.1 Å². The molecular formula is C36H72NO8P. The predicted octanol–water partition coefficient (Wildman–Crippen LogP) is 9.05. The molecule has 2 unspecified atom stereocenters. The van der Waals surface area contributed by atoms with Crippen molar-refractivity contribution < 1.29 is 42.1 Å². The third kappa shape index (κ3) is 32.9. The molecule has 274 valence electrons. The molecule has 0 N–H and O–H groups in total. The van der Waals surface area contributed by atoms with Crippen LogP contribution in [0.3, 0.4) is 0 Å². The highest BCUT2D eigenvalue weighted by molar-refractivity contribution is 7.45. The largest absolute Gasteiger partial charge is 0.756 e. The van der Waals surface area contributed by atoms with Gasteiger partial charge in [-0.2, -0.15) is 0 Å². The molecule has 0 saturated heterocycles. The Morgan fingerprint density at radius 2 is 1.02 bits per heavy atom. The third-order valence-corrected chi connectivity index (χ3v) is 9.15. The van der Waals surface area contributed by atoms with E-state index >= 15 is 0 Å². The SMILES string of the molecule is CCCCCCCCCCCCCCCCCCCCCCCCC(=O)OC(COC(=O)CC)COP(=O)([O-])OCC[N+](C)(C)C. The molecule has 46 heavy (non-hydrogen) atoms. The highest BCUT2D eigenvalue weighted by atomic mass is 31.2. The lowest BCUT2D eigenvalue weighted by molar-refractivity contribution is -0.870. The first-order valence-corrected chi connectivity index (χ1v) is 20.2. The van der Waals surface area contributed by atoms with Gasteiger partial charge in [-0.05, 0) is 6.42 Å². The summed E-state index contributed by atoms with van der Waals surface area (Å²) in [7, 11) is 1.17. The molecule has 0 saturated carbocycles. The summed E-state index contributed by atoms with van der Waals surface area (Å²) in [4.78, 5) is 36.1. The highest BCUT2D eigenvalue weighted by Crippen LogP contribution is 2.38. The Labute approximate surface area is 283 Å². The van der Waals surface area contributed by atoms with Crippen LogP contribution in [-0.2, 0) is 32.7 Å². The van der Waals surface area contributed by atoms with E-state index in [0.29, 0.717) is 17.4 Å². The van der Waals surface area contributed by atoms with Crippen LogP contribution >= 0.6 is 7.82 Å². The number of phosphoric acid groups is 1. The number of quaternary nitrogens is 1. The third-order valence-electron chi connectivity index (χ3n) is 8.18. The Balaban J connectivity index is 3.82. The van der Waals surface area contributed by atoms with Crippen LogP contribution in [0.2, 0.25) is 0 Å². The van der Waals surface area contributed by atoms with Crippen LogP contribution in [0.1, 0.15) is 168 Å². The van der Waals surface area contributed by atoms with Crippen LogP contribution in [0.4, 0.5) is 0 Å². The molecule has 2 atom stereocenters. The molecule has 0 bridgehead atoms. The van der Waals surface area contributed by atoms with Gasteiger partial charge in [-0.3, -0.25) is 14.2 Å². The van der Waals surface area contributed by atoms with Crippen LogP contribution in [0, 0.1) is 0 Å². The van der Waals surface area contributed by atoms with E-state index in [1.54, 1.807) is 6.92 Å². The fraction of sp³-hybridized carbons (Fsp3) is 0.944. The van der Waals surface area contributed by atoms with Crippen LogP contribution in [0.5, 0.6) is 0 Å². The number of ether oxygens (including phenoxy) is 2. The van der Waals surface area contributed by atoms with Gasteiger partial charge in [0.25, 0.3) is 7.82 Å². The van der Waals surface area contributed by atoms with Crippen molar-refractivity contribution in [3.63, 3.8) is 0 Å². The average molecular weight is 678 g/mol. The van der Waals surface area contributed by atoms with Gasteiger partial charge in [0.05, 0.1) is 27.7 Å². The van der Waals surface area contributed by atoms with Crippen molar-refractivity contribution in [3.8, 4) is 0 Å². The second kappa shape index (κ2) is 30.1. The number of rotatable bonds is 34. The first-order chi connectivity index (χ1) is 22.0. The van der Waals surface area contributed by atoms with E-state index in [2.05, 4.69) is 6.92 Å². The summed E-state index contributed by atoms with van der Waals surface area (Å²) in [6, 6.07) is 0. The molecule has 0 amide bonds. The van der Waals surface area contributed by atoms with Crippen LogP contribution in [0.25, 0.3) is 0 Å². The fourth-order valence-corrected chi connectivity index (χ4v) is 5.89. The van der Waals surface area contributed by atoms with Crippen LogP contribution in [-0.4, -0.2) is 70.0 Å². The number of hydrogen-bond donors (Lipinski definition) is 0. The minimum absolute atomic E-state index is 0.0287. The lowest BCUT2D eigenvalue weighted by Gasteiger charge is -2.28. The van der Waals surface area contributed by atoms with Crippen molar-refractivity contribution >= 4 is 19.8 Å². The molecule has 0 aliphatic carbocycles. The summed E-state index contributed by atoms with van der Waals surface area (Å²) >= 11 is 0. The number of esters is 2. The van der Waals surface area contributed by atoms with Gasteiger partial charge >= 0.3 is 11.9 Å². The zero-order chi connectivity index (χ0) is 34.4. The average Bonchev–Trinajstić information content (AvgIpc) is 3.00. The minimum Gasteiger partial charge on any atom is -0.756 e. The van der Waals surface area contributed by atoms with Gasteiger partial charge in [0.2, 0.25) is 0 Å². The maximum atomic E-state index is 12.4. The smallest absolute Gasteiger partial charge is 0.306 e. The number of carbonyl (C=O) groups is 2. The molecule has 0 fully saturated rings. The minimum atomic E-state index is -4.58. The molecule has 0 aromatic rings. The second-order valence-corrected chi connectivity index (χ2v) is 15.3. The summed E-state index contributed by atoms with van der Waals surface area (Å²) in [5.74, 6) is -0.925.